The molecule has 0 bridgehead atoms. The fraction of sp³-hybridized carbons (Fsp3) is 0.619. The third kappa shape index (κ3) is 5.24. The van der Waals surface area contributed by atoms with Gasteiger partial charge >= 0.3 is 0 Å². The van der Waals surface area contributed by atoms with Crippen molar-refractivity contribution in [2.45, 2.75) is 56.4 Å². The molecule has 0 aromatic heterocycles. The van der Waals surface area contributed by atoms with Crippen LogP contribution in [0.15, 0.2) is 34.3 Å². The van der Waals surface area contributed by atoms with Gasteiger partial charge in [-0.3, -0.25) is 4.79 Å². The van der Waals surface area contributed by atoms with Gasteiger partial charge in [0.1, 0.15) is 0 Å². The lowest BCUT2D eigenvalue weighted by molar-refractivity contribution is 0.0954. The monoisotopic (exact) mass is 420 g/mol. The molecule has 1 amide bonds. The summed E-state index contributed by atoms with van der Waals surface area (Å²) in [5, 5.41) is 4.29. The van der Waals surface area contributed by atoms with E-state index in [4.69, 9.17) is 0 Å². The zero-order valence-corrected chi connectivity index (χ0v) is 18.4. The van der Waals surface area contributed by atoms with Crippen molar-refractivity contribution >= 4 is 21.6 Å². The lowest BCUT2D eigenvalue weighted by Crippen LogP contribution is -2.44. The smallest absolute Gasteiger partial charge is 0.271 e. The first-order valence-electron chi connectivity index (χ1n) is 10.4. The van der Waals surface area contributed by atoms with Gasteiger partial charge in [0.15, 0.2) is 0 Å². The van der Waals surface area contributed by atoms with Crippen LogP contribution in [0.3, 0.4) is 0 Å². The van der Waals surface area contributed by atoms with Crippen molar-refractivity contribution in [2.75, 3.05) is 27.2 Å². The molecule has 1 N–H and O–H groups in total. The van der Waals surface area contributed by atoms with Crippen molar-refractivity contribution in [1.29, 1.82) is 0 Å². The number of rotatable bonds is 5. The van der Waals surface area contributed by atoms with Crippen LogP contribution in [0.4, 0.5) is 0 Å². The first-order valence-corrected chi connectivity index (χ1v) is 11.9. The van der Waals surface area contributed by atoms with Gasteiger partial charge in [-0.15, -0.1) is 0 Å². The number of hydrazone groups is 1. The van der Waals surface area contributed by atoms with E-state index in [0.717, 1.165) is 50.9 Å². The number of hydrogen-bond donors (Lipinski definition) is 1. The molecular formula is C21H32N4O3S. The summed E-state index contributed by atoms with van der Waals surface area (Å²) in [5.41, 5.74) is 4.05. The number of likely N-dealkylation sites (tertiary alicyclic amines) is 1. The summed E-state index contributed by atoms with van der Waals surface area (Å²) in [6, 6.07) is 6.12. The van der Waals surface area contributed by atoms with E-state index in [1.807, 2.05) is 7.05 Å². The maximum absolute atomic E-state index is 13.0. The SMILES string of the molecule is C[C@H]1CCCC/C1=N/NC(=O)c1ccc(S(=O)(=O)N(C)C2CCN(C)CC2)cc1. The number of sulfonamides is 1. The lowest BCUT2D eigenvalue weighted by Gasteiger charge is -2.34. The maximum atomic E-state index is 13.0. The third-order valence-corrected chi connectivity index (χ3v) is 8.11. The van der Waals surface area contributed by atoms with Gasteiger partial charge in [-0.1, -0.05) is 13.3 Å². The van der Waals surface area contributed by atoms with Crippen molar-refractivity contribution < 1.29 is 13.2 Å². The highest BCUT2D eigenvalue weighted by Crippen LogP contribution is 2.23. The van der Waals surface area contributed by atoms with E-state index >= 15 is 0 Å². The molecule has 1 aliphatic heterocycles. The molecule has 2 fully saturated rings. The summed E-state index contributed by atoms with van der Waals surface area (Å²) in [7, 11) is 0.116. The summed E-state index contributed by atoms with van der Waals surface area (Å²) >= 11 is 0. The fourth-order valence-corrected chi connectivity index (χ4v) is 5.44. The predicted molar refractivity (Wildman–Crippen MR) is 114 cm³/mol. The van der Waals surface area contributed by atoms with Gasteiger partial charge < -0.3 is 4.90 Å². The number of benzene rings is 1. The molecule has 8 heteroatoms. The average Bonchev–Trinajstić information content (AvgIpc) is 2.73. The molecular weight excluding hydrogens is 388 g/mol. The number of nitrogens with zero attached hydrogens (tertiary/aromatic N) is 3. The molecule has 0 unspecified atom stereocenters. The Morgan fingerprint density at radius 3 is 2.41 bits per heavy atom. The van der Waals surface area contributed by atoms with Crippen LogP contribution in [0.2, 0.25) is 0 Å². The van der Waals surface area contributed by atoms with Crippen LogP contribution in [0.1, 0.15) is 55.8 Å². The number of hydrogen-bond acceptors (Lipinski definition) is 5. The zero-order chi connectivity index (χ0) is 21.0. The van der Waals surface area contributed by atoms with Gasteiger partial charge in [0.2, 0.25) is 10.0 Å². The molecule has 3 rings (SSSR count). The van der Waals surface area contributed by atoms with Gasteiger partial charge in [0.05, 0.1) is 4.90 Å². The van der Waals surface area contributed by atoms with E-state index in [1.165, 1.54) is 22.9 Å². The molecule has 29 heavy (non-hydrogen) atoms. The van der Waals surface area contributed by atoms with Gasteiger partial charge in [-0.2, -0.15) is 9.41 Å². The van der Waals surface area contributed by atoms with Crippen LogP contribution in [-0.2, 0) is 10.0 Å². The Bertz CT molecular complexity index is 843. The first-order chi connectivity index (χ1) is 13.8. The van der Waals surface area contributed by atoms with Gasteiger partial charge in [-0.05, 0) is 82.4 Å². The Morgan fingerprint density at radius 2 is 1.79 bits per heavy atom. The van der Waals surface area contributed by atoms with Crippen molar-refractivity contribution in [3.8, 4) is 0 Å². The maximum Gasteiger partial charge on any atom is 0.271 e. The minimum Gasteiger partial charge on any atom is -0.306 e. The van der Waals surface area contributed by atoms with Crippen molar-refractivity contribution in [3.05, 3.63) is 29.8 Å². The van der Waals surface area contributed by atoms with E-state index in [1.54, 1.807) is 19.2 Å². The number of amides is 1. The number of carbonyl (C=O) groups is 1. The topological polar surface area (TPSA) is 82.1 Å². The van der Waals surface area contributed by atoms with Gasteiger partial charge in [0.25, 0.3) is 5.91 Å². The Kier molecular flexibility index (Phi) is 7.08. The van der Waals surface area contributed by atoms with E-state index in [2.05, 4.69) is 22.4 Å². The molecule has 0 spiro atoms. The Labute approximate surface area is 174 Å². The minimum atomic E-state index is -3.58. The van der Waals surface area contributed by atoms with Crippen molar-refractivity contribution in [1.82, 2.24) is 14.6 Å². The molecule has 0 radical (unpaired) electrons. The molecule has 2 aliphatic rings. The van der Waals surface area contributed by atoms with E-state index in [0.29, 0.717) is 11.5 Å². The van der Waals surface area contributed by atoms with Gasteiger partial charge in [0, 0.05) is 24.4 Å². The largest absolute Gasteiger partial charge is 0.306 e. The van der Waals surface area contributed by atoms with Crippen LogP contribution >= 0.6 is 0 Å². The van der Waals surface area contributed by atoms with Crippen molar-refractivity contribution in [3.63, 3.8) is 0 Å². The highest BCUT2D eigenvalue weighted by Gasteiger charge is 2.30. The Hall–Kier alpha value is -1.77. The van der Waals surface area contributed by atoms with Crippen LogP contribution in [0, 0.1) is 5.92 Å². The predicted octanol–water partition coefficient (Wildman–Crippen LogP) is 2.70. The second kappa shape index (κ2) is 9.36. The van der Waals surface area contributed by atoms with Crippen LogP contribution in [-0.4, -0.2) is 62.5 Å². The molecule has 1 aromatic rings. The fourth-order valence-electron chi connectivity index (χ4n) is 4.02. The first kappa shape index (κ1) is 21.9. The third-order valence-electron chi connectivity index (χ3n) is 6.19. The van der Waals surface area contributed by atoms with Crippen LogP contribution in [0.25, 0.3) is 0 Å². The molecule has 1 heterocycles. The highest BCUT2D eigenvalue weighted by molar-refractivity contribution is 7.89. The second-order valence-corrected chi connectivity index (χ2v) is 10.3. The summed E-state index contributed by atoms with van der Waals surface area (Å²) in [5.74, 6) is 0.0783. The molecule has 1 atom stereocenters. The van der Waals surface area contributed by atoms with E-state index in [9.17, 15) is 13.2 Å². The van der Waals surface area contributed by atoms with Crippen LogP contribution in [0.5, 0.6) is 0 Å². The summed E-state index contributed by atoms with van der Waals surface area (Å²) < 4.78 is 27.4. The zero-order valence-electron chi connectivity index (χ0n) is 17.6. The Balaban J connectivity index is 1.65. The summed E-state index contributed by atoms with van der Waals surface area (Å²) in [4.78, 5) is 14.8. The van der Waals surface area contributed by atoms with Crippen molar-refractivity contribution in [2.24, 2.45) is 11.0 Å². The lowest BCUT2D eigenvalue weighted by atomic mass is 9.89. The van der Waals surface area contributed by atoms with Crippen LogP contribution < -0.4 is 5.43 Å². The minimum absolute atomic E-state index is 0.00693. The summed E-state index contributed by atoms with van der Waals surface area (Å²) in [6.07, 6.45) is 5.98. The van der Waals surface area contributed by atoms with Gasteiger partial charge in [-0.25, -0.2) is 13.8 Å². The molecule has 160 valence electrons. The second-order valence-electron chi connectivity index (χ2n) is 8.27. The molecule has 1 aromatic carbocycles. The molecule has 1 saturated carbocycles. The average molecular weight is 421 g/mol. The summed E-state index contributed by atoms with van der Waals surface area (Å²) in [6.45, 7) is 3.92. The number of nitrogens with one attached hydrogen (secondary N) is 1. The highest BCUT2D eigenvalue weighted by atomic mass is 32.2. The normalized spacial score (nSPS) is 23.4. The molecule has 7 nitrogen and oxygen atoms in total. The number of carbonyl (C=O) groups excluding carboxylic acids is 1. The molecule has 1 aliphatic carbocycles. The van der Waals surface area contributed by atoms with E-state index < -0.39 is 10.0 Å². The molecule has 1 saturated heterocycles. The number of piperidine rings is 1. The van der Waals surface area contributed by atoms with E-state index in [-0.39, 0.29) is 16.8 Å². The standard InChI is InChI=1S/C21H32N4O3S/c1-16-6-4-5-7-20(16)22-23-21(26)17-8-10-19(11-9-17)29(27,28)25(3)18-12-14-24(2)15-13-18/h8-11,16,18H,4-7,12-15H2,1-3H3,(H,23,26)/b22-20-/t16-/m0/s1. The quantitative estimate of drug-likeness (QED) is 0.743. The Morgan fingerprint density at radius 1 is 1.14 bits per heavy atom.